The molecule has 1 aromatic carbocycles. The maximum absolute atomic E-state index is 5.61. The largest absolute Gasteiger partial charge is 0.444 e. The van der Waals surface area contributed by atoms with Crippen molar-refractivity contribution < 1.29 is 4.42 Å². The van der Waals surface area contributed by atoms with E-state index < -0.39 is 0 Å². The molecule has 3 rings (SSSR count). The lowest BCUT2D eigenvalue weighted by Crippen LogP contribution is -2.48. The van der Waals surface area contributed by atoms with E-state index in [4.69, 9.17) is 9.41 Å². The number of hydrogen-bond donors (Lipinski definition) is 2. The molecule has 1 saturated heterocycles. The minimum absolute atomic E-state index is 0.488. The fourth-order valence-corrected chi connectivity index (χ4v) is 3.66. The van der Waals surface area contributed by atoms with Gasteiger partial charge >= 0.3 is 0 Å². The van der Waals surface area contributed by atoms with Crippen LogP contribution in [0.3, 0.4) is 0 Å². The van der Waals surface area contributed by atoms with Crippen LogP contribution in [-0.4, -0.2) is 48.1 Å². The summed E-state index contributed by atoms with van der Waals surface area (Å²) in [6.07, 6.45) is 4.32. The number of nitrogens with one attached hydrogen (secondary N) is 2. The van der Waals surface area contributed by atoms with Crippen LogP contribution >= 0.6 is 0 Å². The molecule has 6 heteroatoms. The zero-order chi connectivity index (χ0) is 19.8. The van der Waals surface area contributed by atoms with Gasteiger partial charge in [0, 0.05) is 24.7 Å². The molecule has 1 aliphatic heterocycles. The van der Waals surface area contributed by atoms with Crippen LogP contribution < -0.4 is 10.6 Å². The monoisotopic (exact) mass is 383 g/mol. The molecule has 6 nitrogen and oxygen atoms in total. The van der Waals surface area contributed by atoms with Crippen LogP contribution in [0.25, 0.3) is 11.5 Å². The molecule has 1 fully saturated rings. The van der Waals surface area contributed by atoms with Gasteiger partial charge in [0.1, 0.15) is 12.0 Å². The topological polar surface area (TPSA) is 65.7 Å². The summed E-state index contributed by atoms with van der Waals surface area (Å²) in [7, 11) is 0. The molecule has 0 amide bonds. The van der Waals surface area contributed by atoms with Crippen LogP contribution in [-0.2, 0) is 6.54 Å². The summed E-state index contributed by atoms with van der Waals surface area (Å²) < 4.78 is 5.61. The van der Waals surface area contributed by atoms with Crippen molar-refractivity contribution in [3.05, 3.63) is 42.3 Å². The van der Waals surface area contributed by atoms with Crippen molar-refractivity contribution in [2.45, 2.75) is 46.2 Å². The third-order valence-electron chi connectivity index (χ3n) is 5.17. The summed E-state index contributed by atoms with van der Waals surface area (Å²) >= 11 is 0. The lowest BCUT2D eigenvalue weighted by Gasteiger charge is -2.31. The quantitative estimate of drug-likeness (QED) is 0.539. The molecular formula is C22H33N5O. The summed E-state index contributed by atoms with van der Waals surface area (Å²) in [6.45, 7) is 11.3. The van der Waals surface area contributed by atoms with Crippen molar-refractivity contribution in [3.63, 3.8) is 0 Å². The number of nitrogens with zero attached hydrogens (tertiary/aromatic N) is 3. The first-order valence-corrected chi connectivity index (χ1v) is 10.4. The third-order valence-corrected chi connectivity index (χ3v) is 5.17. The molecule has 0 bridgehead atoms. The molecule has 28 heavy (non-hydrogen) atoms. The van der Waals surface area contributed by atoms with Gasteiger partial charge in [0.15, 0.2) is 5.96 Å². The Morgan fingerprint density at radius 2 is 1.93 bits per heavy atom. The Balaban J connectivity index is 1.60. The summed E-state index contributed by atoms with van der Waals surface area (Å²) in [4.78, 5) is 11.9. The van der Waals surface area contributed by atoms with Crippen molar-refractivity contribution in [3.8, 4) is 11.5 Å². The Kier molecular flexibility index (Phi) is 7.48. The van der Waals surface area contributed by atoms with Gasteiger partial charge in [-0.05, 0) is 50.9 Å². The summed E-state index contributed by atoms with van der Waals surface area (Å²) in [6, 6.07) is 10.5. The van der Waals surface area contributed by atoms with Crippen LogP contribution in [0.1, 0.15) is 39.3 Å². The number of aliphatic imine (C=N–C) groups is 1. The van der Waals surface area contributed by atoms with E-state index in [1.165, 1.54) is 25.9 Å². The molecular weight excluding hydrogens is 350 g/mol. The number of likely N-dealkylation sites (tertiary alicyclic amines) is 1. The average Bonchev–Trinajstić information content (AvgIpc) is 3.39. The van der Waals surface area contributed by atoms with Crippen molar-refractivity contribution in [1.29, 1.82) is 0 Å². The number of rotatable bonds is 8. The second-order valence-electron chi connectivity index (χ2n) is 7.64. The molecule has 0 radical (unpaired) electrons. The lowest BCUT2D eigenvalue weighted by atomic mass is 10.0. The highest BCUT2D eigenvalue weighted by Gasteiger charge is 2.24. The predicted octanol–water partition coefficient (Wildman–Crippen LogP) is 3.52. The van der Waals surface area contributed by atoms with Gasteiger partial charge in [-0.15, -0.1) is 0 Å². The maximum atomic E-state index is 5.61. The molecule has 1 atom stereocenters. The molecule has 2 N–H and O–H groups in total. The zero-order valence-corrected chi connectivity index (χ0v) is 17.3. The molecule has 152 valence electrons. The molecule has 2 aromatic rings. The summed E-state index contributed by atoms with van der Waals surface area (Å²) in [5.74, 6) is 2.08. The third kappa shape index (κ3) is 5.58. The van der Waals surface area contributed by atoms with Crippen molar-refractivity contribution in [1.82, 2.24) is 20.5 Å². The fraction of sp³-hybridized carbons (Fsp3) is 0.545. The minimum Gasteiger partial charge on any atom is -0.444 e. The van der Waals surface area contributed by atoms with Crippen LogP contribution in [0, 0.1) is 5.92 Å². The van der Waals surface area contributed by atoms with Gasteiger partial charge in [0.25, 0.3) is 0 Å². The van der Waals surface area contributed by atoms with E-state index in [1.807, 2.05) is 30.3 Å². The molecule has 1 aliphatic rings. The Labute approximate surface area is 168 Å². The van der Waals surface area contributed by atoms with Gasteiger partial charge in [0.05, 0.1) is 6.54 Å². The SMILES string of the molecule is CCNC(=NCc1coc(-c2ccccc2)n1)NCC(C(C)C)N1CCCC1. The van der Waals surface area contributed by atoms with Crippen LogP contribution in [0.2, 0.25) is 0 Å². The van der Waals surface area contributed by atoms with E-state index in [0.717, 1.165) is 30.3 Å². The molecule has 0 aliphatic carbocycles. The number of oxazole rings is 1. The van der Waals surface area contributed by atoms with Crippen molar-refractivity contribution in [2.75, 3.05) is 26.2 Å². The molecule has 0 saturated carbocycles. The first-order chi connectivity index (χ1) is 13.7. The number of hydrogen-bond acceptors (Lipinski definition) is 4. The molecule has 2 heterocycles. The maximum Gasteiger partial charge on any atom is 0.226 e. The Morgan fingerprint density at radius 1 is 1.18 bits per heavy atom. The molecule has 1 aromatic heterocycles. The molecule has 1 unspecified atom stereocenters. The van der Waals surface area contributed by atoms with Gasteiger partial charge in [-0.3, -0.25) is 4.90 Å². The lowest BCUT2D eigenvalue weighted by molar-refractivity contribution is 0.192. The van der Waals surface area contributed by atoms with Crippen molar-refractivity contribution in [2.24, 2.45) is 10.9 Å². The number of aromatic nitrogens is 1. The van der Waals surface area contributed by atoms with E-state index >= 15 is 0 Å². The van der Waals surface area contributed by atoms with Crippen LogP contribution in [0.5, 0.6) is 0 Å². The van der Waals surface area contributed by atoms with Crippen LogP contribution in [0.15, 0.2) is 46.0 Å². The Hall–Kier alpha value is -2.34. The standard InChI is InChI=1S/C22H33N5O/c1-4-23-22(25-15-20(17(2)3)27-12-8-9-13-27)24-14-19-16-28-21(26-19)18-10-6-5-7-11-18/h5-7,10-11,16-17,20H,4,8-9,12-15H2,1-3H3,(H2,23,24,25). The van der Waals surface area contributed by atoms with E-state index in [0.29, 0.717) is 24.4 Å². The average molecular weight is 384 g/mol. The Bertz CT molecular complexity index is 734. The highest BCUT2D eigenvalue weighted by atomic mass is 16.3. The van der Waals surface area contributed by atoms with Gasteiger partial charge in [0.2, 0.25) is 5.89 Å². The van der Waals surface area contributed by atoms with Gasteiger partial charge in [-0.2, -0.15) is 0 Å². The first-order valence-electron chi connectivity index (χ1n) is 10.4. The number of guanidine groups is 1. The molecule has 0 spiro atoms. The van der Waals surface area contributed by atoms with Gasteiger partial charge < -0.3 is 15.1 Å². The fourth-order valence-electron chi connectivity index (χ4n) is 3.66. The van der Waals surface area contributed by atoms with E-state index in [-0.39, 0.29) is 0 Å². The summed E-state index contributed by atoms with van der Waals surface area (Å²) in [5.41, 5.74) is 1.81. The first kappa shape index (κ1) is 20.4. The van der Waals surface area contributed by atoms with Gasteiger partial charge in [-0.1, -0.05) is 32.0 Å². The minimum atomic E-state index is 0.488. The van der Waals surface area contributed by atoms with E-state index in [9.17, 15) is 0 Å². The predicted molar refractivity (Wildman–Crippen MR) is 114 cm³/mol. The van der Waals surface area contributed by atoms with Crippen LogP contribution in [0.4, 0.5) is 0 Å². The van der Waals surface area contributed by atoms with E-state index in [2.05, 4.69) is 41.3 Å². The van der Waals surface area contributed by atoms with E-state index in [1.54, 1.807) is 6.26 Å². The normalized spacial score (nSPS) is 16.5. The smallest absolute Gasteiger partial charge is 0.226 e. The highest BCUT2D eigenvalue weighted by Crippen LogP contribution is 2.19. The number of benzene rings is 1. The van der Waals surface area contributed by atoms with Gasteiger partial charge in [-0.25, -0.2) is 9.98 Å². The second-order valence-corrected chi connectivity index (χ2v) is 7.64. The Morgan fingerprint density at radius 3 is 2.61 bits per heavy atom. The summed E-state index contributed by atoms with van der Waals surface area (Å²) in [5, 5.41) is 6.86. The second kappa shape index (κ2) is 10.3. The zero-order valence-electron chi connectivity index (χ0n) is 17.3. The highest BCUT2D eigenvalue weighted by molar-refractivity contribution is 5.79. The van der Waals surface area contributed by atoms with Crippen molar-refractivity contribution >= 4 is 5.96 Å².